The number of allylic oxidation sites excluding steroid dienone is 2. The molecule has 2 nitrogen and oxygen atoms in total. The summed E-state index contributed by atoms with van der Waals surface area (Å²) in [5, 5.41) is 3.09. The zero-order valence-electron chi connectivity index (χ0n) is 16.1. The Labute approximate surface area is 172 Å². The molecule has 0 saturated heterocycles. The van der Waals surface area contributed by atoms with E-state index in [9.17, 15) is 0 Å². The minimum Gasteiger partial charge on any atom is -0.492 e. The normalized spacial score (nSPS) is 12.6. The van der Waals surface area contributed by atoms with E-state index in [0.717, 1.165) is 12.3 Å². The van der Waals surface area contributed by atoms with Crippen molar-refractivity contribution in [2.75, 3.05) is 26.1 Å². The summed E-state index contributed by atoms with van der Waals surface area (Å²) in [6.45, 7) is 1.48. The number of alkyl halides is 1. The summed E-state index contributed by atoms with van der Waals surface area (Å²) in [5.74, 6) is 1.46. The van der Waals surface area contributed by atoms with E-state index in [2.05, 4.69) is 72.1 Å². The summed E-state index contributed by atoms with van der Waals surface area (Å²) in [6, 6.07) is 29.4. The Hall–Kier alpha value is -2.55. The summed E-state index contributed by atoms with van der Waals surface area (Å²) in [5.41, 5.74) is 4.86. The van der Waals surface area contributed by atoms with E-state index in [1.807, 2.05) is 31.3 Å². The second-order valence-electron chi connectivity index (χ2n) is 6.54. The lowest BCUT2D eigenvalue weighted by molar-refractivity contribution is 0.318. The Morgan fingerprint density at radius 2 is 1.50 bits per heavy atom. The molecular weight excluding hydrogens is 366 g/mol. The highest BCUT2D eigenvalue weighted by atomic mass is 35.5. The quantitative estimate of drug-likeness (QED) is 0.371. The van der Waals surface area contributed by atoms with Crippen molar-refractivity contribution in [1.29, 1.82) is 0 Å². The molecule has 28 heavy (non-hydrogen) atoms. The predicted octanol–water partition coefficient (Wildman–Crippen LogP) is 5.74. The van der Waals surface area contributed by atoms with Crippen LogP contribution in [0.1, 0.15) is 22.6 Å². The third-order valence-electron chi connectivity index (χ3n) is 4.68. The number of rotatable bonds is 9. The van der Waals surface area contributed by atoms with E-state index in [0.29, 0.717) is 12.5 Å². The number of hydrogen-bond donors (Lipinski definition) is 1. The zero-order valence-corrected chi connectivity index (χ0v) is 16.9. The van der Waals surface area contributed by atoms with Crippen molar-refractivity contribution < 1.29 is 4.74 Å². The van der Waals surface area contributed by atoms with Crippen LogP contribution >= 0.6 is 11.6 Å². The highest BCUT2D eigenvalue weighted by Crippen LogP contribution is 2.38. The van der Waals surface area contributed by atoms with Gasteiger partial charge in [0.1, 0.15) is 12.4 Å². The van der Waals surface area contributed by atoms with Gasteiger partial charge >= 0.3 is 0 Å². The van der Waals surface area contributed by atoms with Gasteiger partial charge in [-0.1, -0.05) is 78.9 Å². The number of halogens is 1. The topological polar surface area (TPSA) is 21.3 Å². The number of hydrogen-bond acceptors (Lipinski definition) is 2. The molecule has 1 unspecified atom stereocenters. The van der Waals surface area contributed by atoms with Crippen LogP contribution < -0.4 is 10.1 Å². The van der Waals surface area contributed by atoms with Crippen molar-refractivity contribution in [2.24, 2.45) is 0 Å². The maximum atomic E-state index is 6.16. The summed E-state index contributed by atoms with van der Waals surface area (Å²) in [6.07, 6.45) is 2.12. The number of benzene rings is 3. The third kappa shape index (κ3) is 5.25. The smallest absolute Gasteiger partial charge is 0.119 e. The summed E-state index contributed by atoms with van der Waals surface area (Å²) >= 11 is 6.16. The summed E-state index contributed by atoms with van der Waals surface area (Å²) in [4.78, 5) is 0. The first-order chi connectivity index (χ1) is 13.8. The van der Waals surface area contributed by atoms with Crippen LogP contribution in [-0.4, -0.2) is 26.1 Å². The van der Waals surface area contributed by atoms with E-state index in [4.69, 9.17) is 16.3 Å². The van der Waals surface area contributed by atoms with Gasteiger partial charge in [-0.3, -0.25) is 0 Å². The molecule has 0 heterocycles. The Balaban J connectivity index is 1.99. The van der Waals surface area contributed by atoms with Gasteiger partial charge in [0.25, 0.3) is 0 Å². The highest BCUT2D eigenvalue weighted by molar-refractivity contribution is 6.19. The first kappa shape index (κ1) is 20.2. The van der Waals surface area contributed by atoms with Gasteiger partial charge in [0.05, 0.1) is 0 Å². The van der Waals surface area contributed by atoms with Crippen LogP contribution in [0.15, 0.2) is 91.0 Å². The molecule has 0 saturated carbocycles. The van der Waals surface area contributed by atoms with Gasteiger partial charge in [-0.2, -0.15) is 0 Å². The average Bonchev–Trinajstić information content (AvgIpc) is 2.76. The van der Waals surface area contributed by atoms with Crippen molar-refractivity contribution in [3.05, 3.63) is 108 Å². The van der Waals surface area contributed by atoms with Gasteiger partial charge in [0, 0.05) is 18.3 Å². The molecule has 0 radical (unpaired) electrons. The van der Waals surface area contributed by atoms with E-state index in [-0.39, 0.29) is 5.92 Å². The maximum Gasteiger partial charge on any atom is 0.119 e. The predicted molar refractivity (Wildman–Crippen MR) is 119 cm³/mol. The standard InChI is InChI=1S/C25H26ClNO/c1-27-18-19-28-23-14-12-22(13-15-23)25(21-10-6-3-7-11-21)24(16-17-26)20-8-4-2-5-9-20/h2-16,25,27H,17-19H2,1H3. The fourth-order valence-electron chi connectivity index (χ4n) is 3.34. The molecule has 3 heteroatoms. The Bertz CT molecular complexity index is 860. The third-order valence-corrected chi connectivity index (χ3v) is 4.84. The van der Waals surface area contributed by atoms with Gasteiger partial charge in [0.2, 0.25) is 0 Å². The van der Waals surface area contributed by atoms with Crippen LogP contribution in [-0.2, 0) is 0 Å². The molecule has 0 spiro atoms. The fourth-order valence-corrected chi connectivity index (χ4v) is 3.51. The van der Waals surface area contributed by atoms with Crippen molar-refractivity contribution in [3.8, 4) is 5.75 Å². The minimum atomic E-state index is 0.105. The van der Waals surface area contributed by atoms with Gasteiger partial charge in [-0.15, -0.1) is 11.6 Å². The van der Waals surface area contributed by atoms with Crippen molar-refractivity contribution >= 4 is 17.2 Å². The van der Waals surface area contributed by atoms with Gasteiger partial charge in [-0.25, -0.2) is 0 Å². The number of likely N-dealkylation sites (N-methyl/N-ethyl adjacent to an activating group) is 1. The first-order valence-corrected chi connectivity index (χ1v) is 10.1. The molecule has 0 aliphatic carbocycles. The molecule has 0 amide bonds. The molecular formula is C25H26ClNO. The van der Waals surface area contributed by atoms with Crippen molar-refractivity contribution in [3.63, 3.8) is 0 Å². The van der Waals surface area contributed by atoms with Crippen LogP contribution in [0.3, 0.4) is 0 Å². The SMILES string of the molecule is CNCCOc1ccc(C(C(=CCCl)c2ccccc2)c2ccccc2)cc1. The minimum absolute atomic E-state index is 0.105. The monoisotopic (exact) mass is 391 g/mol. The van der Waals surface area contributed by atoms with Gasteiger partial charge in [0.15, 0.2) is 0 Å². The lowest BCUT2D eigenvalue weighted by Gasteiger charge is -2.23. The zero-order chi connectivity index (χ0) is 19.6. The van der Waals surface area contributed by atoms with Gasteiger partial charge in [-0.05, 0) is 41.4 Å². The fraction of sp³-hybridized carbons (Fsp3) is 0.200. The molecule has 1 atom stereocenters. The molecule has 0 fully saturated rings. The molecule has 144 valence electrons. The van der Waals surface area contributed by atoms with Crippen LogP contribution in [0.5, 0.6) is 5.75 Å². The average molecular weight is 392 g/mol. The summed E-state index contributed by atoms with van der Waals surface area (Å²) in [7, 11) is 1.92. The Morgan fingerprint density at radius 1 is 0.893 bits per heavy atom. The lowest BCUT2D eigenvalue weighted by atomic mass is 9.81. The highest BCUT2D eigenvalue weighted by Gasteiger charge is 2.20. The van der Waals surface area contributed by atoms with Crippen LogP contribution in [0.4, 0.5) is 0 Å². The van der Waals surface area contributed by atoms with Crippen molar-refractivity contribution in [1.82, 2.24) is 5.32 Å². The van der Waals surface area contributed by atoms with E-state index in [1.165, 1.54) is 22.3 Å². The maximum absolute atomic E-state index is 6.16. The molecule has 0 aliphatic heterocycles. The molecule has 1 N–H and O–H groups in total. The molecule has 0 bridgehead atoms. The summed E-state index contributed by atoms with van der Waals surface area (Å²) < 4.78 is 5.78. The van der Waals surface area contributed by atoms with E-state index >= 15 is 0 Å². The second kappa shape index (κ2) is 10.7. The Morgan fingerprint density at radius 3 is 2.11 bits per heavy atom. The molecule has 0 aromatic heterocycles. The largest absolute Gasteiger partial charge is 0.492 e. The number of ether oxygens (including phenoxy) is 1. The second-order valence-corrected chi connectivity index (χ2v) is 6.85. The lowest BCUT2D eigenvalue weighted by Crippen LogP contribution is -2.15. The van der Waals surface area contributed by atoms with Crippen LogP contribution in [0, 0.1) is 0 Å². The first-order valence-electron chi connectivity index (χ1n) is 9.57. The van der Waals surface area contributed by atoms with Crippen LogP contribution in [0.2, 0.25) is 0 Å². The Kier molecular flexibility index (Phi) is 7.71. The number of nitrogens with one attached hydrogen (secondary N) is 1. The molecule has 3 aromatic carbocycles. The van der Waals surface area contributed by atoms with Crippen LogP contribution in [0.25, 0.3) is 5.57 Å². The van der Waals surface area contributed by atoms with Gasteiger partial charge < -0.3 is 10.1 Å². The van der Waals surface area contributed by atoms with Crippen molar-refractivity contribution in [2.45, 2.75) is 5.92 Å². The molecule has 3 aromatic rings. The molecule has 3 rings (SSSR count). The van der Waals surface area contributed by atoms with E-state index in [1.54, 1.807) is 0 Å². The van der Waals surface area contributed by atoms with E-state index < -0.39 is 0 Å². The molecule has 0 aliphatic rings.